The molecule has 0 N–H and O–H groups in total. The first-order valence-electron chi connectivity index (χ1n) is 13.0. The predicted octanol–water partition coefficient (Wildman–Crippen LogP) is 3.87. The molecule has 0 radical (unpaired) electrons. The molecular weight excluding hydrogens is 508 g/mol. The van der Waals surface area contributed by atoms with Gasteiger partial charge in [-0.05, 0) is 70.0 Å². The lowest BCUT2D eigenvalue weighted by atomic mass is 10.1. The van der Waals surface area contributed by atoms with Crippen LogP contribution in [0.3, 0.4) is 0 Å². The van der Waals surface area contributed by atoms with Crippen molar-refractivity contribution in [2.24, 2.45) is 10.3 Å². The Bertz CT molecular complexity index is 1320. The molecule has 0 aromatic heterocycles. The summed E-state index contributed by atoms with van der Waals surface area (Å²) in [6.07, 6.45) is 2.73. The number of hydrogen-bond donors (Lipinski definition) is 0. The fourth-order valence-corrected chi connectivity index (χ4v) is 7.84. The molecule has 0 aliphatic carbocycles. The van der Waals surface area contributed by atoms with Crippen molar-refractivity contribution >= 4 is 25.9 Å². The summed E-state index contributed by atoms with van der Waals surface area (Å²) < 4.78 is 60.0. The molecule has 0 spiro atoms. The highest BCUT2D eigenvalue weighted by molar-refractivity contribution is 7.90. The number of sulfonamides is 2. The normalized spacial score (nSPS) is 20.6. The van der Waals surface area contributed by atoms with Crippen molar-refractivity contribution in [2.75, 3.05) is 32.7 Å². The lowest BCUT2D eigenvalue weighted by Gasteiger charge is -2.36. The minimum Gasteiger partial charge on any atom is -0.340 e. The smallest absolute Gasteiger partial charge is 0.283 e. The van der Waals surface area contributed by atoms with E-state index in [1.165, 1.54) is 4.31 Å². The highest BCUT2D eigenvalue weighted by Crippen LogP contribution is 2.30. The first-order chi connectivity index (χ1) is 17.5. The Hall–Kier alpha value is -2.27. The average Bonchev–Trinajstić information content (AvgIpc) is 3.31. The van der Waals surface area contributed by atoms with Crippen molar-refractivity contribution in [3.05, 3.63) is 59.7 Å². The lowest BCUT2D eigenvalue weighted by molar-refractivity contribution is 0.197. The summed E-state index contributed by atoms with van der Waals surface area (Å²) in [6, 6.07) is 13.5. The molecule has 8 nitrogen and oxygen atoms in total. The van der Waals surface area contributed by atoms with E-state index in [2.05, 4.69) is 9.30 Å². The maximum absolute atomic E-state index is 13.7. The van der Waals surface area contributed by atoms with E-state index in [9.17, 15) is 16.8 Å². The monoisotopic (exact) mass is 546 g/mol. The molecule has 2 aromatic rings. The molecule has 2 aromatic carbocycles. The van der Waals surface area contributed by atoms with Gasteiger partial charge in [0, 0.05) is 13.1 Å². The maximum Gasteiger partial charge on any atom is 0.283 e. The highest BCUT2D eigenvalue weighted by Gasteiger charge is 2.43. The van der Waals surface area contributed by atoms with Crippen molar-refractivity contribution in [2.45, 2.75) is 62.9 Å². The Morgan fingerprint density at radius 2 is 1.35 bits per heavy atom. The zero-order valence-electron chi connectivity index (χ0n) is 22.2. The molecule has 0 amide bonds. The van der Waals surface area contributed by atoms with Gasteiger partial charge in [-0.15, -0.1) is 4.40 Å². The van der Waals surface area contributed by atoms with E-state index in [0.717, 1.165) is 43.5 Å². The number of piperidine rings is 1. The third kappa shape index (κ3) is 6.25. The van der Waals surface area contributed by atoms with Crippen molar-refractivity contribution in [3.8, 4) is 0 Å². The maximum atomic E-state index is 13.7. The molecule has 10 heteroatoms. The van der Waals surface area contributed by atoms with Crippen LogP contribution in [0.2, 0.25) is 0 Å². The van der Waals surface area contributed by atoms with Gasteiger partial charge in [-0.1, -0.05) is 55.7 Å². The zero-order chi connectivity index (χ0) is 26.8. The van der Waals surface area contributed by atoms with Gasteiger partial charge >= 0.3 is 0 Å². The van der Waals surface area contributed by atoms with Gasteiger partial charge in [-0.3, -0.25) is 4.90 Å². The Kier molecular flexibility index (Phi) is 8.42. The van der Waals surface area contributed by atoms with Crippen LogP contribution in [0.1, 0.15) is 44.2 Å². The standard InChI is InChI=1S/C27H38N4O4S2/c1-21(2)27-30(18-19-31(27)37(34,35)25-14-10-23(4)11-15-25)26(20-29-16-6-5-7-17-29)28-36(32,33)24-12-8-22(3)9-13-24/h8-15,21,27H,5-7,16-20H2,1-4H3/t27-/m0/s1. The Labute approximate surface area is 222 Å². The molecule has 2 aliphatic heterocycles. The number of rotatable bonds is 7. The number of nitrogens with zero attached hydrogens (tertiary/aromatic N) is 4. The zero-order valence-corrected chi connectivity index (χ0v) is 23.8. The second-order valence-corrected chi connectivity index (χ2v) is 13.9. The molecule has 202 valence electrons. The fourth-order valence-electron chi connectivity index (χ4n) is 5.10. The summed E-state index contributed by atoms with van der Waals surface area (Å²) in [7, 11) is -7.75. The molecule has 1 atom stereocenters. The van der Waals surface area contributed by atoms with Gasteiger partial charge in [0.05, 0.1) is 22.5 Å². The van der Waals surface area contributed by atoms with Crippen LogP contribution in [-0.2, 0) is 20.0 Å². The molecular formula is C27H38N4O4S2. The van der Waals surface area contributed by atoms with Crippen LogP contribution in [0.5, 0.6) is 0 Å². The van der Waals surface area contributed by atoms with Crippen LogP contribution in [0.25, 0.3) is 0 Å². The molecule has 2 heterocycles. The average molecular weight is 547 g/mol. The molecule has 4 rings (SSSR count). The summed E-state index contributed by atoms with van der Waals surface area (Å²) in [5.74, 6) is 0.319. The number of likely N-dealkylation sites (tertiary alicyclic amines) is 1. The number of hydrogen-bond acceptors (Lipinski definition) is 5. The van der Waals surface area contributed by atoms with Gasteiger partial charge in [0.2, 0.25) is 10.0 Å². The second-order valence-electron chi connectivity index (χ2n) is 10.4. The van der Waals surface area contributed by atoms with E-state index in [1.54, 1.807) is 48.5 Å². The minimum atomic E-state index is -3.97. The molecule has 2 saturated heterocycles. The quantitative estimate of drug-likeness (QED) is 0.387. The SMILES string of the molecule is Cc1ccc(S(=O)(=O)N=C(CN2CCCCC2)N2CCN(S(=O)(=O)c3ccc(C)cc3)[C@H]2C(C)C)cc1. The summed E-state index contributed by atoms with van der Waals surface area (Å²) in [5, 5.41) is 0. The van der Waals surface area contributed by atoms with E-state index in [4.69, 9.17) is 0 Å². The van der Waals surface area contributed by atoms with Gasteiger partial charge in [-0.2, -0.15) is 12.7 Å². The summed E-state index contributed by atoms with van der Waals surface area (Å²) in [5.41, 5.74) is 1.95. The lowest BCUT2D eigenvalue weighted by Crippen LogP contribution is -2.50. The molecule has 0 saturated carbocycles. The van der Waals surface area contributed by atoms with Gasteiger partial charge in [0.25, 0.3) is 10.0 Å². The van der Waals surface area contributed by atoms with E-state index in [1.807, 2.05) is 32.6 Å². The summed E-state index contributed by atoms with van der Waals surface area (Å²) in [6.45, 7) is 10.5. The van der Waals surface area contributed by atoms with Crippen molar-refractivity contribution in [3.63, 3.8) is 0 Å². The van der Waals surface area contributed by atoms with E-state index in [-0.39, 0.29) is 22.3 Å². The summed E-state index contributed by atoms with van der Waals surface area (Å²) in [4.78, 5) is 4.50. The second kappa shape index (κ2) is 11.2. The Morgan fingerprint density at radius 1 is 0.811 bits per heavy atom. The number of benzene rings is 2. The van der Waals surface area contributed by atoms with Crippen molar-refractivity contribution in [1.82, 2.24) is 14.1 Å². The van der Waals surface area contributed by atoms with Crippen LogP contribution in [0, 0.1) is 19.8 Å². The highest BCUT2D eigenvalue weighted by atomic mass is 32.2. The van der Waals surface area contributed by atoms with Crippen LogP contribution >= 0.6 is 0 Å². The Morgan fingerprint density at radius 3 is 1.89 bits per heavy atom. The molecule has 2 aliphatic rings. The molecule has 0 unspecified atom stereocenters. The third-order valence-corrected chi connectivity index (χ3v) is 10.3. The largest absolute Gasteiger partial charge is 0.340 e. The van der Waals surface area contributed by atoms with Crippen LogP contribution in [0.15, 0.2) is 62.7 Å². The summed E-state index contributed by atoms with van der Waals surface area (Å²) >= 11 is 0. The van der Waals surface area contributed by atoms with E-state index < -0.39 is 26.2 Å². The van der Waals surface area contributed by atoms with Crippen LogP contribution in [-0.4, -0.2) is 75.7 Å². The predicted molar refractivity (Wildman–Crippen MR) is 146 cm³/mol. The fraction of sp³-hybridized carbons (Fsp3) is 0.519. The minimum absolute atomic E-state index is 0.0867. The molecule has 2 fully saturated rings. The van der Waals surface area contributed by atoms with E-state index >= 15 is 0 Å². The first kappa shape index (κ1) is 27.8. The van der Waals surface area contributed by atoms with Gasteiger partial charge < -0.3 is 4.90 Å². The van der Waals surface area contributed by atoms with E-state index in [0.29, 0.717) is 18.9 Å². The Balaban J connectivity index is 1.73. The van der Waals surface area contributed by atoms with Crippen molar-refractivity contribution in [1.29, 1.82) is 0 Å². The van der Waals surface area contributed by atoms with Crippen molar-refractivity contribution < 1.29 is 16.8 Å². The third-order valence-electron chi connectivity index (χ3n) is 7.09. The topological polar surface area (TPSA) is 90.4 Å². The van der Waals surface area contributed by atoms with Gasteiger partial charge in [0.15, 0.2) is 0 Å². The molecule has 37 heavy (non-hydrogen) atoms. The molecule has 0 bridgehead atoms. The number of amidine groups is 1. The van der Waals surface area contributed by atoms with Crippen LogP contribution in [0.4, 0.5) is 0 Å². The van der Waals surface area contributed by atoms with Crippen LogP contribution < -0.4 is 0 Å². The first-order valence-corrected chi connectivity index (χ1v) is 15.8. The van der Waals surface area contributed by atoms with Gasteiger partial charge in [-0.25, -0.2) is 8.42 Å². The number of aryl methyl sites for hydroxylation is 2. The van der Waals surface area contributed by atoms with Gasteiger partial charge in [0.1, 0.15) is 5.84 Å².